The van der Waals surface area contributed by atoms with Crippen molar-refractivity contribution in [2.45, 2.75) is 26.7 Å². The van der Waals surface area contributed by atoms with Crippen LogP contribution >= 0.6 is 0 Å². The number of nitrogens with zero attached hydrogens (tertiary/aromatic N) is 1. The number of rotatable bonds is 8. The van der Waals surface area contributed by atoms with E-state index in [-0.39, 0.29) is 0 Å². The lowest BCUT2D eigenvalue weighted by Crippen LogP contribution is -2.33. The lowest BCUT2D eigenvalue weighted by molar-refractivity contribution is -0.134. The minimum Gasteiger partial charge on any atom is -0.488 e. The third-order valence-electron chi connectivity index (χ3n) is 3.53. The number of nitrogens with one attached hydrogen (secondary N) is 1. The topological polar surface area (TPSA) is 118 Å². The van der Waals surface area contributed by atoms with Crippen molar-refractivity contribution in [3.63, 3.8) is 0 Å². The van der Waals surface area contributed by atoms with Gasteiger partial charge in [0.05, 0.1) is 13.2 Å². The summed E-state index contributed by atoms with van der Waals surface area (Å²) in [5.41, 5.74) is 0. The van der Waals surface area contributed by atoms with Crippen LogP contribution in [0.1, 0.15) is 26.7 Å². The van der Waals surface area contributed by atoms with Crippen LogP contribution in [-0.4, -0.2) is 53.4 Å². The van der Waals surface area contributed by atoms with Crippen molar-refractivity contribution in [2.24, 2.45) is 11.8 Å². The normalized spacial score (nSPS) is 16.5. The van der Waals surface area contributed by atoms with Gasteiger partial charge in [-0.2, -0.15) is 0 Å². The highest BCUT2D eigenvalue weighted by Crippen LogP contribution is 2.25. The molecule has 0 saturated carbocycles. The molecule has 3 N–H and O–H groups in total. The molecule has 0 aromatic carbocycles. The van der Waals surface area contributed by atoms with Gasteiger partial charge < -0.3 is 25.0 Å². The highest BCUT2D eigenvalue weighted by molar-refractivity contribution is 5.89. The third-order valence-corrected chi connectivity index (χ3v) is 3.53. The largest absolute Gasteiger partial charge is 0.488 e. The predicted molar refractivity (Wildman–Crippen MR) is 100 cm³/mol. The molecule has 0 amide bonds. The molecular weight excluding hydrogens is 352 g/mol. The lowest BCUT2D eigenvalue weighted by atomic mass is 10.0. The van der Waals surface area contributed by atoms with Gasteiger partial charge in [0.2, 0.25) is 0 Å². The van der Waals surface area contributed by atoms with Crippen molar-refractivity contribution in [2.75, 3.05) is 26.3 Å². The fraction of sp³-hybridized carbons (Fsp3) is 0.526. The monoisotopic (exact) mass is 380 g/mol. The molecule has 1 saturated heterocycles. The SMILES string of the molecule is CC(C)COc1ncccc1OCC1CCCNC1.O=C(O)/C=C/C(=O)O. The Morgan fingerprint density at radius 2 is 2.00 bits per heavy atom. The Kier molecular flexibility index (Phi) is 10.5. The van der Waals surface area contributed by atoms with Crippen LogP contribution in [0, 0.1) is 11.8 Å². The summed E-state index contributed by atoms with van der Waals surface area (Å²) in [6.07, 6.45) is 5.32. The van der Waals surface area contributed by atoms with E-state index < -0.39 is 11.9 Å². The Morgan fingerprint density at radius 1 is 1.30 bits per heavy atom. The number of pyridine rings is 1. The second-order valence-corrected chi connectivity index (χ2v) is 6.54. The van der Waals surface area contributed by atoms with Crippen LogP contribution in [-0.2, 0) is 9.59 Å². The van der Waals surface area contributed by atoms with Crippen molar-refractivity contribution in [3.8, 4) is 11.6 Å². The Labute approximate surface area is 159 Å². The number of aliphatic carboxylic acids is 2. The molecule has 27 heavy (non-hydrogen) atoms. The zero-order valence-electron chi connectivity index (χ0n) is 15.8. The molecule has 1 aliphatic rings. The molecule has 1 aromatic heterocycles. The van der Waals surface area contributed by atoms with Gasteiger partial charge in [-0.1, -0.05) is 13.8 Å². The van der Waals surface area contributed by atoms with E-state index in [2.05, 4.69) is 24.1 Å². The molecule has 1 aliphatic heterocycles. The number of hydrogen-bond donors (Lipinski definition) is 3. The first kappa shape index (κ1) is 22.4. The summed E-state index contributed by atoms with van der Waals surface area (Å²) >= 11 is 0. The third kappa shape index (κ3) is 10.9. The summed E-state index contributed by atoms with van der Waals surface area (Å²) in [5, 5.41) is 19.0. The van der Waals surface area contributed by atoms with Crippen molar-refractivity contribution in [1.82, 2.24) is 10.3 Å². The van der Waals surface area contributed by atoms with Gasteiger partial charge in [0.15, 0.2) is 5.75 Å². The van der Waals surface area contributed by atoms with Gasteiger partial charge in [0.1, 0.15) is 0 Å². The minimum absolute atomic E-state index is 0.484. The van der Waals surface area contributed by atoms with Gasteiger partial charge in [-0.15, -0.1) is 0 Å². The second-order valence-electron chi connectivity index (χ2n) is 6.54. The van der Waals surface area contributed by atoms with Crippen molar-refractivity contribution in [3.05, 3.63) is 30.5 Å². The maximum atomic E-state index is 9.55. The minimum atomic E-state index is -1.26. The van der Waals surface area contributed by atoms with Crippen LogP contribution in [0.25, 0.3) is 0 Å². The highest BCUT2D eigenvalue weighted by Gasteiger charge is 2.15. The molecule has 8 heteroatoms. The molecule has 2 heterocycles. The molecule has 1 atom stereocenters. The Morgan fingerprint density at radius 3 is 2.56 bits per heavy atom. The van der Waals surface area contributed by atoms with Crippen LogP contribution in [0.2, 0.25) is 0 Å². The molecule has 8 nitrogen and oxygen atoms in total. The number of piperidine rings is 1. The number of aromatic nitrogens is 1. The maximum Gasteiger partial charge on any atom is 0.328 e. The summed E-state index contributed by atoms with van der Waals surface area (Å²) in [6, 6.07) is 3.82. The van der Waals surface area contributed by atoms with E-state index in [4.69, 9.17) is 19.7 Å². The van der Waals surface area contributed by atoms with Crippen molar-refractivity contribution < 1.29 is 29.3 Å². The van der Waals surface area contributed by atoms with Crippen molar-refractivity contribution in [1.29, 1.82) is 0 Å². The second kappa shape index (κ2) is 12.7. The molecule has 0 aliphatic carbocycles. The summed E-state index contributed by atoms with van der Waals surface area (Å²) in [6.45, 7) is 7.82. The van der Waals surface area contributed by atoms with E-state index in [9.17, 15) is 9.59 Å². The molecule has 1 fully saturated rings. The fourth-order valence-corrected chi connectivity index (χ4v) is 2.26. The van der Waals surface area contributed by atoms with Gasteiger partial charge in [-0.05, 0) is 37.4 Å². The van der Waals surface area contributed by atoms with Gasteiger partial charge >= 0.3 is 11.9 Å². The molecule has 1 unspecified atom stereocenters. The van der Waals surface area contributed by atoms with Crippen LogP contribution in [0.5, 0.6) is 11.6 Å². The number of carboxylic acids is 2. The number of ether oxygens (including phenoxy) is 2. The molecule has 150 valence electrons. The first-order chi connectivity index (χ1) is 12.9. The summed E-state index contributed by atoms with van der Waals surface area (Å²) in [4.78, 5) is 23.4. The molecule has 0 radical (unpaired) electrons. The van der Waals surface area contributed by atoms with Gasteiger partial charge in [-0.3, -0.25) is 0 Å². The summed E-state index contributed by atoms with van der Waals surface area (Å²) < 4.78 is 11.6. The molecule has 0 spiro atoms. The fourth-order valence-electron chi connectivity index (χ4n) is 2.26. The first-order valence-electron chi connectivity index (χ1n) is 8.93. The van der Waals surface area contributed by atoms with Gasteiger partial charge in [0, 0.05) is 30.8 Å². The van der Waals surface area contributed by atoms with Gasteiger partial charge in [-0.25, -0.2) is 14.6 Å². The van der Waals surface area contributed by atoms with Crippen LogP contribution in [0.3, 0.4) is 0 Å². The van der Waals surface area contributed by atoms with Crippen LogP contribution in [0.15, 0.2) is 30.5 Å². The van der Waals surface area contributed by atoms with Crippen LogP contribution in [0.4, 0.5) is 0 Å². The molecule has 2 rings (SSSR count). The molecular formula is C19H28N2O6. The van der Waals surface area contributed by atoms with E-state index in [0.29, 0.717) is 36.5 Å². The lowest BCUT2D eigenvalue weighted by Gasteiger charge is -2.23. The molecule has 1 aromatic rings. The smallest absolute Gasteiger partial charge is 0.328 e. The summed E-state index contributed by atoms with van der Waals surface area (Å²) in [5.74, 6) is -0.0715. The Hall–Kier alpha value is -2.61. The summed E-state index contributed by atoms with van der Waals surface area (Å²) in [7, 11) is 0. The van der Waals surface area contributed by atoms with E-state index in [1.165, 1.54) is 12.8 Å². The first-order valence-corrected chi connectivity index (χ1v) is 8.93. The number of hydrogen-bond acceptors (Lipinski definition) is 6. The highest BCUT2D eigenvalue weighted by atomic mass is 16.5. The Bertz CT molecular complexity index is 596. The Balaban J connectivity index is 0.000000387. The van der Waals surface area contributed by atoms with Gasteiger partial charge in [0.25, 0.3) is 5.88 Å². The van der Waals surface area contributed by atoms with Crippen LogP contribution < -0.4 is 14.8 Å². The number of carbonyl (C=O) groups is 2. The standard InChI is InChI=1S/C15H24N2O2.C4H4O4/c1-12(2)10-19-15-14(6-4-8-17-15)18-11-13-5-3-7-16-9-13;5-3(6)1-2-4(7)8/h4,6,8,12-13,16H,3,5,7,9-11H2,1-2H3;1-2H,(H,5,6)(H,7,8)/b;2-1+. The quantitative estimate of drug-likeness (QED) is 0.588. The van der Waals surface area contributed by atoms with E-state index in [0.717, 1.165) is 25.4 Å². The zero-order chi connectivity index (χ0) is 20.1. The average molecular weight is 380 g/mol. The van der Waals surface area contributed by atoms with E-state index in [1.807, 2.05) is 12.1 Å². The van der Waals surface area contributed by atoms with Crippen molar-refractivity contribution >= 4 is 11.9 Å². The molecule has 0 bridgehead atoms. The maximum absolute atomic E-state index is 9.55. The zero-order valence-corrected chi connectivity index (χ0v) is 15.8. The average Bonchev–Trinajstić information content (AvgIpc) is 2.65. The van der Waals surface area contributed by atoms with E-state index >= 15 is 0 Å². The predicted octanol–water partition coefficient (Wildman–Crippen LogP) is 2.21. The van der Waals surface area contributed by atoms with E-state index in [1.54, 1.807) is 6.20 Å². The number of carboxylic acid groups (broad SMARTS) is 2.